The molecule has 1 fully saturated rings. The molecule has 1 saturated heterocycles. The zero-order valence-corrected chi connectivity index (χ0v) is 18.8. The van der Waals surface area contributed by atoms with E-state index in [1.165, 1.54) is 16.7 Å². The third-order valence-corrected chi connectivity index (χ3v) is 6.09. The molecule has 1 aliphatic rings. The molecule has 7 nitrogen and oxygen atoms in total. The summed E-state index contributed by atoms with van der Waals surface area (Å²) in [4.78, 5) is 4.40. The summed E-state index contributed by atoms with van der Waals surface area (Å²) in [6, 6.07) is 6.54. The van der Waals surface area contributed by atoms with Crippen molar-refractivity contribution in [3.8, 4) is 0 Å². The summed E-state index contributed by atoms with van der Waals surface area (Å²) in [5.74, 6) is 0.607. The van der Waals surface area contributed by atoms with E-state index in [2.05, 4.69) is 52.4 Å². The Hall–Kier alpha value is -1.64. The van der Waals surface area contributed by atoms with Crippen molar-refractivity contribution in [2.75, 3.05) is 38.5 Å². The predicted molar refractivity (Wildman–Crippen MR) is 119 cm³/mol. The van der Waals surface area contributed by atoms with Crippen LogP contribution < -0.4 is 15.4 Å². The highest BCUT2D eigenvalue weighted by Crippen LogP contribution is 2.12. The molecule has 1 atom stereocenters. The average Bonchev–Trinajstić information content (AvgIpc) is 2.66. The van der Waals surface area contributed by atoms with Crippen LogP contribution in [0, 0.1) is 13.8 Å². The maximum absolute atomic E-state index is 12.2. The molecule has 0 aromatic heterocycles. The Morgan fingerprint density at radius 3 is 2.59 bits per heavy atom. The SMILES string of the molecule is CCNC(=NCCS(=O)(=O)NCC1CCCCO1)NCCc1cc(C)cc(C)c1. The van der Waals surface area contributed by atoms with Gasteiger partial charge in [0.1, 0.15) is 0 Å². The summed E-state index contributed by atoms with van der Waals surface area (Å²) in [7, 11) is -3.36. The first-order valence-electron chi connectivity index (χ1n) is 10.6. The first kappa shape index (κ1) is 23.6. The quantitative estimate of drug-likeness (QED) is 0.394. The highest BCUT2D eigenvalue weighted by molar-refractivity contribution is 7.89. The van der Waals surface area contributed by atoms with Crippen LogP contribution in [0.3, 0.4) is 0 Å². The summed E-state index contributed by atoms with van der Waals surface area (Å²) in [5.41, 5.74) is 3.80. The smallest absolute Gasteiger partial charge is 0.213 e. The van der Waals surface area contributed by atoms with Crippen molar-refractivity contribution >= 4 is 16.0 Å². The molecule has 164 valence electrons. The summed E-state index contributed by atoms with van der Waals surface area (Å²) in [6.07, 6.45) is 3.94. The Morgan fingerprint density at radius 2 is 1.93 bits per heavy atom. The third kappa shape index (κ3) is 9.60. The van der Waals surface area contributed by atoms with E-state index in [9.17, 15) is 8.42 Å². The minimum atomic E-state index is -3.36. The van der Waals surface area contributed by atoms with Gasteiger partial charge in [-0.05, 0) is 52.0 Å². The second kappa shape index (κ2) is 12.1. The van der Waals surface area contributed by atoms with Gasteiger partial charge in [-0.2, -0.15) is 0 Å². The lowest BCUT2D eigenvalue weighted by Crippen LogP contribution is -2.39. The Morgan fingerprint density at radius 1 is 1.17 bits per heavy atom. The lowest BCUT2D eigenvalue weighted by Gasteiger charge is -2.22. The predicted octanol–water partition coefficient (Wildman–Crippen LogP) is 1.89. The van der Waals surface area contributed by atoms with Crippen molar-refractivity contribution in [3.63, 3.8) is 0 Å². The van der Waals surface area contributed by atoms with Gasteiger partial charge < -0.3 is 15.4 Å². The van der Waals surface area contributed by atoms with Gasteiger partial charge >= 0.3 is 0 Å². The van der Waals surface area contributed by atoms with Crippen LogP contribution in [0.25, 0.3) is 0 Å². The van der Waals surface area contributed by atoms with E-state index in [0.717, 1.165) is 45.4 Å². The van der Waals surface area contributed by atoms with Gasteiger partial charge in [0, 0.05) is 26.2 Å². The fourth-order valence-electron chi connectivity index (χ4n) is 3.42. The molecule has 1 aliphatic heterocycles. The van der Waals surface area contributed by atoms with Gasteiger partial charge in [-0.3, -0.25) is 4.99 Å². The number of rotatable bonds is 10. The normalized spacial score (nSPS) is 17.9. The number of hydrogen-bond acceptors (Lipinski definition) is 4. The van der Waals surface area contributed by atoms with E-state index >= 15 is 0 Å². The van der Waals surface area contributed by atoms with Crippen LogP contribution in [0.1, 0.15) is 42.9 Å². The molecule has 1 unspecified atom stereocenters. The van der Waals surface area contributed by atoms with E-state index in [-0.39, 0.29) is 18.4 Å². The van der Waals surface area contributed by atoms with Crippen molar-refractivity contribution in [1.82, 2.24) is 15.4 Å². The number of sulfonamides is 1. The molecular weight excluding hydrogens is 388 g/mol. The Labute approximate surface area is 175 Å². The van der Waals surface area contributed by atoms with Gasteiger partial charge in [0.2, 0.25) is 10.0 Å². The van der Waals surface area contributed by atoms with Crippen LogP contribution in [0.4, 0.5) is 0 Å². The van der Waals surface area contributed by atoms with Crippen LogP contribution in [-0.4, -0.2) is 59.0 Å². The number of ether oxygens (including phenoxy) is 1. The molecule has 8 heteroatoms. The second-order valence-corrected chi connectivity index (χ2v) is 9.52. The standard InChI is InChI=1S/C21H36N4O3S/c1-4-22-21(23-9-8-19-14-17(2)13-18(3)15-19)24-10-12-29(26,27)25-16-20-7-5-6-11-28-20/h13-15,20,25H,4-12,16H2,1-3H3,(H2,22,23,24). The molecule has 2 rings (SSSR count). The van der Waals surface area contributed by atoms with Crippen LogP contribution in [0.5, 0.6) is 0 Å². The number of benzene rings is 1. The van der Waals surface area contributed by atoms with Gasteiger partial charge in [0.05, 0.1) is 18.4 Å². The zero-order chi connectivity index (χ0) is 21.1. The Balaban J connectivity index is 1.76. The van der Waals surface area contributed by atoms with Crippen LogP contribution >= 0.6 is 0 Å². The molecule has 1 aromatic carbocycles. The van der Waals surface area contributed by atoms with Gasteiger partial charge in [-0.15, -0.1) is 0 Å². The van der Waals surface area contributed by atoms with Crippen molar-refractivity contribution in [1.29, 1.82) is 0 Å². The lowest BCUT2D eigenvalue weighted by molar-refractivity contribution is 0.0200. The van der Waals surface area contributed by atoms with Gasteiger partial charge in [0.25, 0.3) is 0 Å². The second-order valence-electron chi connectivity index (χ2n) is 7.59. The van der Waals surface area contributed by atoms with Gasteiger partial charge in [-0.25, -0.2) is 13.1 Å². The first-order chi connectivity index (χ1) is 13.9. The summed E-state index contributed by atoms with van der Waals surface area (Å²) in [5, 5.41) is 6.45. The fourth-order valence-corrected chi connectivity index (χ4v) is 4.33. The molecule has 1 heterocycles. The topological polar surface area (TPSA) is 91.8 Å². The first-order valence-corrected chi connectivity index (χ1v) is 12.2. The highest BCUT2D eigenvalue weighted by atomic mass is 32.2. The van der Waals surface area contributed by atoms with Gasteiger partial charge in [-0.1, -0.05) is 29.3 Å². The van der Waals surface area contributed by atoms with E-state index in [1.807, 2.05) is 6.92 Å². The van der Waals surface area contributed by atoms with Crippen molar-refractivity contribution in [2.45, 2.75) is 52.6 Å². The summed E-state index contributed by atoms with van der Waals surface area (Å²) < 4.78 is 32.6. The Kier molecular flexibility index (Phi) is 9.90. The van der Waals surface area contributed by atoms with Crippen LogP contribution in [0.15, 0.2) is 23.2 Å². The average molecular weight is 425 g/mol. The maximum atomic E-state index is 12.2. The molecule has 0 aliphatic carbocycles. The minimum Gasteiger partial charge on any atom is -0.377 e. The molecule has 0 amide bonds. The summed E-state index contributed by atoms with van der Waals surface area (Å²) in [6.45, 7) is 8.92. The lowest BCUT2D eigenvalue weighted by atomic mass is 10.1. The molecule has 0 bridgehead atoms. The van der Waals surface area contributed by atoms with E-state index < -0.39 is 10.0 Å². The molecule has 29 heavy (non-hydrogen) atoms. The molecular formula is C21H36N4O3S. The molecule has 0 radical (unpaired) electrons. The van der Waals surface area contributed by atoms with Crippen molar-refractivity contribution < 1.29 is 13.2 Å². The molecule has 1 aromatic rings. The monoisotopic (exact) mass is 424 g/mol. The van der Waals surface area contributed by atoms with Gasteiger partial charge in [0.15, 0.2) is 5.96 Å². The third-order valence-electron chi connectivity index (χ3n) is 4.77. The van der Waals surface area contributed by atoms with E-state index in [1.54, 1.807) is 0 Å². The number of guanidine groups is 1. The number of nitrogens with zero attached hydrogens (tertiary/aromatic N) is 1. The zero-order valence-electron chi connectivity index (χ0n) is 18.0. The molecule has 3 N–H and O–H groups in total. The number of hydrogen-bond donors (Lipinski definition) is 3. The van der Waals surface area contributed by atoms with Crippen molar-refractivity contribution in [3.05, 3.63) is 34.9 Å². The summed E-state index contributed by atoms with van der Waals surface area (Å²) >= 11 is 0. The van der Waals surface area contributed by atoms with E-state index in [4.69, 9.17) is 4.74 Å². The van der Waals surface area contributed by atoms with Crippen molar-refractivity contribution in [2.24, 2.45) is 4.99 Å². The fraction of sp³-hybridized carbons (Fsp3) is 0.667. The van der Waals surface area contributed by atoms with Crippen LogP contribution in [-0.2, 0) is 21.2 Å². The number of aliphatic imine (C=N–C) groups is 1. The Bertz CT molecular complexity index is 739. The largest absolute Gasteiger partial charge is 0.377 e. The number of nitrogens with one attached hydrogen (secondary N) is 3. The maximum Gasteiger partial charge on any atom is 0.213 e. The number of aryl methyl sites for hydroxylation is 2. The van der Waals surface area contributed by atoms with E-state index in [0.29, 0.717) is 12.5 Å². The molecule has 0 saturated carbocycles. The van der Waals surface area contributed by atoms with Crippen LogP contribution in [0.2, 0.25) is 0 Å². The molecule has 0 spiro atoms. The highest BCUT2D eigenvalue weighted by Gasteiger charge is 2.17. The minimum absolute atomic E-state index is 0.00808.